The molecule has 0 atom stereocenters. The Morgan fingerprint density at radius 2 is 1.64 bits per heavy atom. The standard InChI is InChI=1S/C32H36N2O5S.CH4O3S/c1-3-39-30-11-6-24(7-12-30)25-8-13-31-27(20-25)21-26(16-19-40(31,36)37)32(35)33-28-9-4-23(5-10-28)22-34(2)29-14-17-38-18-15-29;1-5(2,3)4/h4-13,20-21,29H,3,14-19,22H2,1-2H3,(H,33,35);1H3,(H,2,3,4). The van der Waals surface area contributed by atoms with Crippen LogP contribution in [0.2, 0.25) is 0 Å². The lowest BCUT2D eigenvalue weighted by Gasteiger charge is -2.31. The Balaban J connectivity index is 0.000000854. The van der Waals surface area contributed by atoms with Crippen LogP contribution in [0.3, 0.4) is 0 Å². The Kier molecular flexibility index (Phi) is 11.6. The van der Waals surface area contributed by atoms with E-state index in [1.165, 1.54) is 5.56 Å². The number of nitrogens with one attached hydrogen (secondary N) is 1. The molecule has 242 valence electrons. The van der Waals surface area contributed by atoms with Crippen molar-refractivity contribution in [3.8, 4) is 16.9 Å². The maximum Gasteiger partial charge on any atom is 0.261 e. The lowest BCUT2D eigenvalue weighted by Crippen LogP contribution is -2.36. The maximum atomic E-state index is 13.3. The second-order valence-corrected chi connectivity index (χ2v) is 14.6. The maximum absolute atomic E-state index is 13.3. The van der Waals surface area contributed by atoms with Crippen LogP contribution in [0.1, 0.15) is 37.3 Å². The molecule has 12 heteroatoms. The average molecular weight is 657 g/mol. The highest BCUT2D eigenvalue weighted by Gasteiger charge is 2.25. The van der Waals surface area contributed by atoms with Crippen molar-refractivity contribution in [1.82, 2.24) is 4.90 Å². The lowest BCUT2D eigenvalue weighted by molar-refractivity contribution is -0.112. The van der Waals surface area contributed by atoms with Gasteiger partial charge in [0, 0.05) is 37.1 Å². The normalized spacial score (nSPS) is 16.4. The van der Waals surface area contributed by atoms with Gasteiger partial charge < -0.3 is 14.8 Å². The summed E-state index contributed by atoms with van der Waals surface area (Å²) in [5.41, 5.74) is 4.63. The zero-order valence-corrected chi connectivity index (χ0v) is 27.4. The van der Waals surface area contributed by atoms with Crippen LogP contribution in [0.25, 0.3) is 17.2 Å². The zero-order valence-electron chi connectivity index (χ0n) is 25.7. The number of carbonyl (C=O) groups excluding carboxylic acids is 1. The average Bonchev–Trinajstić information content (AvgIpc) is 3.13. The van der Waals surface area contributed by atoms with Gasteiger partial charge in [0.2, 0.25) is 0 Å². The minimum Gasteiger partial charge on any atom is -0.494 e. The number of carbonyl (C=O) groups is 1. The van der Waals surface area contributed by atoms with Crippen molar-refractivity contribution in [2.75, 3.05) is 44.2 Å². The minimum absolute atomic E-state index is 0.112. The molecule has 2 N–H and O–H groups in total. The van der Waals surface area contributed by atoms with Crippen molar-refractivity contribution < 1.29 is 35.7 Å². The number of rotatable bonds is 8. The molecule has 1 fully saturated rings. The molecule has 3 aromatic rings. The molecule has 0 saturated carbocycles. The lowest BCUT2D eigenvalue weighted by atomic mass is 10.0. The first-order valence-electron chi connectivity index (χ1n) is 14.7. The van der Waals surface area contributed by atoms with E-state index in [4.69, 9.17) is 14.0 Å². The number of hydrogen-bond acceptors (Lipinski definition) is 8. The van der Waals surface area contributed by atoms with Gasteiger partial charge in [0.1, 0.15) is 5.75 Å². The van der Waals surface area contributed by atoms with E-state index >= 15 is 0 Å². The van der Waals surface area contributed by atoms with Gasteiger partial charge in [-0.2, -0.15) is 8.42 Å². The van der Waals surface area contributed by atoms with E-state index < -0.39 is 20.0 Å². The molecule has 2 heterocycles. The van der Waals surface area contributed by atoms with Crippen molar-refractivity contribution in [2.24, 2.45) is 0 Å². The minimum atomic E-state index is -3.67. The number of ether oxygens (including phenoxy) is 2. The van der Waals surface area contributed by atoms with Crippen LogP contribution >= 0.6 is 0 Å². The first-order valence-corrected chi connectivity index (χ1v) is 18.2. The molecule has 0 spiro atoms. The van der Waals surface area contributed by atoms with Crippen LogP contribution in [-0.2, 0) is 36.0 Å². The molecule has 5 rings (SSSR count). The van der Waals surface area contributed by atoms with E-state index in [0.29, 0.717) is 35.7 Å². The third kappa shape index (κ3) is 10.2. The molecule has 1 saturated heterocycles. The van der Waals surface area contributed by atoms with E-state index in [-0.39, 0.29) is 23.0 Å². The number of anilines is 1. The van der Waals surface area contributed by atoms with Gasteiger partial charge in [-0.05, 0) is 98.0 Å². The van der Waals surface area contributed by atoms with E-state index in [0.717, 1.165) is 49.5 Å². The van der Waals surface area contributed by atoms with Crippen LogP contribution in [0, 0.1) is 0 Å². The largest absolute Gasteiger partial charge is 0.494 e. The number of hydrogen-bond donors (Lipinski definition) is 2. The van der Waals surface area contributed by atoms with E-state index in [9.17, 15) is 21.6 Å². The molecule has 0 aromatic heterocycles. The van der Waals surface area contributed by atoms with Gasteiger partial charge >= 0.3 is 0 Å². The summed E-state index contributed by atoms with van der Waals surface area (Å²) in [5.74, 6) is 0.377. The van der Waals surface area contributed by atoms with Crippen molar-refractivity contribution in [1.29, 1.82) is 0 Å². The molecule has 0 radical (unpaired) electrons. The summed E-state index contributed by atoms with van der Waals surface area (Å²) in [6, 6.07) is 21.3. The van der Waals surface area contributed by atoms with Gasteiger partial charge in [-0.3, -0.25) is 14.2 Å². The van der Waals surface area contributed by atoms with Gasteiger partial charge in [0.05, 0.1) is 23.5 Å². The van der Waals surface area contributed by atoms with E-state index in [1.54, 1.807) is 12.1 Å². The molecule has 2 aliphatic rings. The van der Waals surface area contributed by atoms with Crippen LogP contribution in [0.4, 0.5) is 5.69 Å². The third-order valence-electron chi connectivity index (χ3n) is 7.56. The highest BCUT2D eigenvalue weighted by atomic mass is 32.2. The van der Waals surface area contributed by atoms with Gasteiger partial charge in [-0.25, -0.2) is 8.42 Å². The monoisotopic (exact) mass is 656 g/mol. The van der Waals surface area contributed by atoms with Crippen molar-refractivity contribution >= 4 is 37.6 Å². The summed E-state index contributed by atoms with van der Waals surface area (Å²) in [5, 5.41) is 2.96. The highest BCUT2D eigenvalue weighted by molar-refractivity contribution is 7.91. The molecule has 1 amide bonds. The highest BCUT2D eigenvalue weighted by Crippen LogP contribution is 2.32. The number of nitrogens with zero attached hydrogens (tertiary/aromatic N) is 1. The fourth-order valence-corrected chi connectivity index (χ4v) is 6.74. The molecular formula is C33H40N2O8S2. The van der Waals surface area contributed by atoms with Gasteiger partial charge in [-0.15, -0.1) is 0 Å². The number of benzene rings is 3. The summed E-state index contributed by atoms with van der Waals surface area (Å²) in [7, 11) is -5.05. The molecule has 0 bridgehead atoms. The molecule has 0 unspecified atom stereocenters. The Morgan fingerprint density at radius 1 is 1.02 bits per heavy atom. The SMILES string of the molecule is CCOc1ccc(-c2ccc3c(c2)C=C(C(=O)Nc2ccc(CN(C)C4CCOCC4)cc2)CCS3(=O)=O)cc1.CS(=O)(=O)O. The molecule has 2 aliphatic heterocycles. The topological polar surface area (TPSA) is 139 Å². The Bertz CT molecular complexity index is 1710. The van der Waals surface area contributed by atoms with Crippen LogP contribution < -0.4 is 10.1 Å². The Morgan fingerprint density at radius 3 is 2.27 bits per heavy atom. The summed E-state index contributed by atoms with van der Waals surface area (Å²) in [4.78, 5) is 15.9. The zero-order chi connectivity index (χ0) is 32.6. The smallest absolute Gasteiger partial charge is 0.261 e. The fraction of sp³-hybridized carbons (Fsp3) is 0.364. The Labute approximate surface area is 265 Å². The summed E-state index contributed by atoms with van der Waals surface area (Å²) in [6.07, 6.45) is 4.66. The van der Waals surface area contributed by atoms with Gasteiger partial charge in [0.15, 0.2) is 9.84 Å². The number of sulfone groups is 1. The molecule has 0 aliphatic carbocycles. The molecule has 45 heavy (non-hydrogen) atoms. The molecule has 10 nitrogen and oxygen atoms in total. The van der Waals surface area contributed by atoms with Gasteiger partial charge in [0.25, 0.3) is 16.0 Å². The van der Waals surface area contributed by atoms with E-state index in [1.807, 2.05) is 67.6 Å². The van der Waals surface area contributed by atoms with Crippen molar-refractivity contribution in [2.45, 2.75) is 43.7 Å². The summed E-state index contributed by atoms with van der Waals surface area (Å²) >= 11 is 0. The number of amides is 1. The predicted molar refractivity (Wildman–Crippen MR) is 176 cm³/mol. The van der Waals surface area contributed by atoms with Gasteiger partial charge in [-0.1, -0.05) is 30.3 Å². The fourth-order valence-electron chi connectivity index (χ4n) is 5.28. The quantitative estimate of drug-likeness (QED) is 0.318. The Hall–Kier alpha value is -3.55. The first kappa shape index (κ1) is 34.3. The van der Waals surface area contributed by atoms with Crippen LogP contribution in [0.15, 0.2) is 77.2 Å². The van der Waals surface area contributed by atoms with E-state index in [2.05, 4.69) is 17.3 Å². The third-order valence-corrected chi connectivity index (χ3v) is 9.35. The van der Waals surface area contributed by atoms with Crippen molar-refractivity contribution in [3.63, 3.8) is 0 Å². The summed E-state index contributed by atoms with van der Waals surface area (Å²) in [6.45, 7) is 4.97. The second kappa shape index (κ2) is 15.2. The second-order valence-electron chi connectivity index (χ2n) is 11.1. The number of fused-ring (bicyclic) bond motifs is 1. The van der Waals surface area contributed by atoms with Crippen molar-refractivity contribution in [3.05, 3.63) is 83.4 Å². The predicted octanol–water partition coefficient (Wildman–Crippen LogP) is 5.07. The first-order chi connectivity index (χ1) is 21.3. The van der Waals surface area contributed by atoms with Crippen LogP contribution in [-0.4, -0.2) is 77.1 Å². The summed E-state index contributed by atoms with van der Waals surface area (Å²) < 4.78 is 62.9. The van der Waals surface area contributed by atoms with Crippen LogP contribution in [0.5, 0.6) is 5.75 Å². The molecule has 3 aromatic carbocycles. The molecular weight excluding hydrogens is 617 g/mol.